The van der Waals surface area contributed by atoms with Crippen LogP contribution in [0.4, 0.5) is 20.4 Å². The zero-order valence-corrected chi connectivity index (χ0v) is 15.0. The largest absolute Gasteiger partial charge is 0.465 e. The van der Waals surface area contributed by atoms with Crippen LogP contribution in [0.2, 0.25) is 0 Å². The van der Waals surface area contributed by atoms with Crippen molar-refractivity contribution in [2.75, 3.05) is 12.4 Å². The number of halogens is 2. The van der Waals surface area contributed by atoms with Crippen molar-refractivity contribution in [2.45, 2.75) is 25.3 Å². The number of aromatic nitrogens is 4. The van der Waals surface area contributed by atoms with Crippen LogP contribution in [-0.2, 0) is 4.74 Å². The number of alkyl halides is 2. The Labute approximate surface area is 159 Å². The normalized spacial score (nSPS) is 13.6. The summed E-state index contributed by atoms with van der Waals surface area (Å²) in [7, 11) is 1.28. The van der Waals surface area contributed by atoms with E-state index in [0.29, 0.717) is 22.9 Å². The Morgan fingerprint density at radius 2 is 2.00 bits per heavy atom. The number of nitrogens with zero attached hydrogens (tertiary/aromatic N) is 4. The van der Waals surface area contributed by atoms with Gasteiger partial charge in [0.25, 0.3) is 6.43 Å². The molecule has 0 saturated heterocycles. The molecule has 1 aromatic carbocycles. The van der Waals surface area contributed by atoms with Crippen LogP contribution in [0, 0.1) is 0 Å². The van der Waals surface area contributed by atoms with Gasteiger partial charge in [0.15, 0.2) is 0 Å². The molecule has 1 N–H and O–H groups in total. The molecule has 0 aliphatic heterocycles. The minimum Gasteiger partial charge on any atom is -0.465 e. The van der Waals surface area contributed by atoms with Crippen molar-refractivity contribution in [1.82, 2.24) is 19.7 Å². The van der Waals surface area contributed by atoms with Gasteiger partial charge in [0.1, 0.15) is 0 Å². The average molecular weight is 385 g/mol. The van der Waals surface area contributed by atoms with Crippen LogP contribution < -0.4 is 5.32 Å². The summed E-state index contributed by atoms with van der Waals surface area (Å²) in [5.74, 6) is -0.315. The summed E-state index contributed by atoms with van der Waals surface area (Å²) in [5.41, 5.74) is 1.26. The first kappa shape index (κ1) is 18.0. The first-order valence-electron chi connectivity index (χ1n) is 8.70. The van der Waals surface area contributed by atoms with Gasteiger partial charge in [0, 0.05) is 18.0 Å². The third-order valence-electron chi connectivity index (χ3n) is 4.41. The molecule has 1 saturated carbocycles. The lowest BCUT2D eigenvalue weighted by atomic mass is 10.1. The lowest BCUT2D eigenvalue weighted by molar-refractivity contribution is 0.0600. The molecule has 0 atom stereocenters. The molecule has 1 fully saturated rings. The Hall–Kier alpha value is -3.36. The Kier molecular flexibility index (Phi) is 4.72. The van der Waals surface area contributed by atoms with Gasteiger partial charge >= 0.3 is 5.97 Å². The molecule has 0 amide bonds. The van der Waals surface area contributed by atoms with Crippen LogP contribution in [-0.4, -0.2) is 32.8 Å². The SMILES string of the molecule is COC(=O)c1ccc(-c2nc(Nc3cnn(C4CC4)c3)ncc2C(F)F)cc1. The lowest BCUT2D eigenvalue weighted by Gasteiger charge is -2.11. The third-order valence-corrected chi connectivity index (χ3v) is 4.41. The zero-order chi connectivity index (χ0) is 19.7. The van der Waals surface area contributed by atoms with Crippen molar-refractivity contribution in [3.63, 3.8) is 0 Å². The van der Waals surface area contributed by atoms with Crippen molar-refractivity contribution in [2.24, 2.45) is 0 Å². The number of esters is 1. The van der Waals surface area contributed by atoms with Gasteiger partial charge in [-0.25, -0.2) is 23.5 Å². The molecule has 2 aromatic heterocycles. The van der Waals surface area contributed by atoms with Gasteiger partial charge in [-0.15, -0.1) is 0 Å². The molecule has 0 spiro atoms. The number of carbonyl (C=O) groups excluding carboxylic acids is 1. The lowest BCUT2D eigenvalue weighted by Crippen LogP contribution is -2.03. The number of ether oxygens (including phenoxy) is 1. The summed E-state index contributed by atoms with van der Waals surface area (Å²) < 4.78 is 33.4. The molecule has 7 nitrogen and oxygen atoms in total. The van der Waals surface area contributed by atoms with E-state index in [9.17, 15) is 13.6 Å². The number of hydrogen-bond donors (Lipinski definition) is 1. The molecule has 0 bridgehead atoms. The molecule has 0 radical (unpaired) electrons. The van der Waals surface area contributed by atoms with E-state index in [1.807, 2.05) is 10.9 Å². The molecule has 1 aliphatic rings. The number of nitrogens with one attached hydrogen (secondary N) is 1. The van der Waals surface area contributed by atoms with Crippen molar-refractivity contribution in [1.29, 1.82) is 0 Å². The Bertz CT molecular complexity index is 1000. The van der Waals surface area contributed by atoms with Crippen LogP contribution in [0.25, 0.3) is 11.3 Å². The van der Waals surface area contributed by atoms with E-state index in [0.717, 1.165) is 19.0 Å². The highest BCUT2D eigenvalue weighted by Crippen LogP contribution is 2.35. The minimum atomic E-state index is -2.73. The third kappa shape index (κ3) is 3.68. The van der Waals surface area contributed by atoms with E-state index < -0.39 is 12.4 Å². The standard InChI is InChI=1S/C19H17F2N5O2/c1-28-18(27)12-4-2-11(3-5-12)16-15(17(20)21)9-22-19(25-16)24-13-8-23-26(10-13)14-6-7-14/h2-5,8-10,14,17H,6-7H2,1H3,(H,22,24,25). The smallest absolute Gasteiger partial charge is 0.337 e. The maximum atomic E-state index is 13.4. The van der Waals surface area contributed by atoms with Crippen molar-refractivity contribution in [3.05, 3.63) is 54.0 Å². The average Bonchev–Trinajstić information content (AvgIpc) is 3.46. The van der Waals surface area contributed by atoms with E-state index in [2.05, 4.69) is 25.1 Å². The predicted molar refractivity (Wildman–Crippen MR) is 97.5 cm³/mol. The maximum absolute atomic E-state index is 13.4. The number of carbonyl (C=O) groups is 1. The minimum absolute atomic E-state index is 0.0958. The van der Waals surface area contributed by atoms with Crippen molar-refractivity contribution >= 4 is 17.6 Å². The zero-order valence-electron chi connectivity index (χ0n) is 15.0. The molecular weight excluding hydrogens is 368 g/mol. The first-order valence-corrected chi connectivity index (χ1v) is 8.70. The summed E-state index contributed by atoms with van der Waals surface area (Å²) in [5, 5.41) is 7.27. The predicted octanol–water partition coefficient (Wildman–Crippen LogP) is 4.14. The molecule has 1 aliphatic carbocycles. The van der Waals surface area contributed by atoms with E-state index >= 15 is 0 Å². The van der Waals surface area contributed by atoms with E-state index in [1.165, 1.54) is 19.2 Å². The quantitative estimate of drug-likeness (QED) is 0.642. The highest BCUT2D eigenvalue weighted by atomic mass is 19.3. The van der Waals surface area contributed by atoms with Crippen molar-refractivity contribution in [3.8, 4) is 11.3 Å². The van der Waals surface area contributed by atoms with Gasteiger partial charge in [0.05, 0.1) is 41.9 Å². The molecule has 0 unspecified atom stereocenters. The Balaban J connectivity index is 1.64. The van der Waals surface area contributed by atoms with Gasteiger partial charge in [0.2, 0.25) is 5.95 Å². The van der Waals surface area contributed by atoms with E-state index in [1.54, 1.807) is 18.3 Å². The van der Waals surface area contributed by atoms with Gasteiger partial charge in [-0.1, -0.05) is 12.1 Å². The van der Waals surface area contributed by atoms with Crippen molar-refractivity contribution < 1.29 is 18.3 Å². The van der Waals surface area contributed by atoms with Crippen LogP contribution >= 0.6 is 0 Å². The summed E-state index contributed by atoms with van der Waals surface area (Å²) in [4.78, 5) is 19.8. The highest BCUT2D eigenvalue weighted by molar-refractivity contribution is 5.90. The first-order chi connectivity index (χ1) is 13.5. The molecule has 3 aromatic rings. The monoisotopic (exact) mass is 385 g/mol. The van der Waals surface area contributed by atoms with Crippen LogP contribution in [0.3, 0.4) is 0 Å². The molecular formula is C19H17F2N5O2. The topological polar surface area (TPSA) is 81.9 Å². The van der Waals surface area contributed by atoms with Gasteiger partial charge in [-0.2, -0.15) is 5.10 Å². The van der Waals surface area contributed by atoms with Gasteiger partial charge < -0.3 is 10.1 Å². The molecule has 144 valence electrons. The molecule has 2 heterocycles. The van der Waals surface area contributed by atoms with Crippen LogP contribution in [0.1, 0.15) is 41.2 Å². The fraction of sp³-hybridized carbons (Fsp3) is 0.263. The van der Waals surface area contributed by atoms with E-state index in [4.69, 9.17) is 0 Å². The van der Waals surface area contributed by atoms with E-state index in [-0.39, 0.29) is 17.2 Å². The fourth-order valence-corrected chi connectivity index (χ4v) is 2.79. The summed E-state index contributed by atoms with van der Waals surface area (Å²) in [6.45, 7) is 0. The molecule has 9 heteroatoms. The second-order valence-electron chi connectivity index (χ2n) is 6.43. The number of benzene rings is 1. The van der Waals surface area contributed by atoms with Crippen LogP contribution in [0.15, 0.2) is 42.9 Å². The van der Waals surface area contributed by atoms with Gasteiger partial charge in [-0.3, -0.25) is 4.68 Å². The summed E-state index contributed by atoms with van der Waals surface area (Å²) in [6, 6.07) is 6.54. The highest BCUT2D eigenvalue weighted by Gasteiger charge is 2.24. The summed E-state index contributed by atoms with van der Waals surface area (Å²) >= 11 is 0. The number of rotatable bonds is 6. The summed E-state index contributed by atoms with van der Waals surface area (Å²) in [6.07, 6.45) is 4.07. The number of methoxy groups -OCH3 is 1. The maximum Gasteiger partial charge on any atom is 0.337 e. The Morgan fingerprint density at radius 1 is 1.25 bits per heavy atom. The number of hydrogen-bond acceptors (Lipinski definition) is 6. The number of anilines is 2. The molecule has 4 rings (SSSR count). The van der Waals surface area contributed by atoms with Crippen LogP contribution in [0.5, 0.6) is 0 Å². The second-order valence-corrected chi connectivity index (χ2v) is 6.43. The second kappa shape index (κ2) is 7.34. The Morgan fingerprint density at radius 3 is 2.64 bits per heavy atom. The fourth-order valence-electron chi connectivity index (χ4n) is 2.79. The van der Waals surface area contributed by atoms with Gasteiger partial charge in [-0.05, 0) is 25.0 Å². The molecule has 28 heavy (non-hydrogen) atoms.